The summed E-state index contributed by atoms with van der Waals surface area (Å²) in [6.45, 7) is 8.39. The number of aromatic carboxylic acids is 1. The Morgan fingerprint density at radius 2 is 2.00 bits per heavy atom. The van der Waals surface area contributed by atoms with Gasteiger partial charge in [-0.05, 0) is 63.6 Å². The van der Waals surface area contributed by atoms with E-state index in [0.717, 1.165) is 35.4 Å². The number of aromatic nitrogens is 2. The topological polar surface area (TPSA) is 95.5 Å². The van der Waals surface area contributed by atoms with Gasteiger partial charge in [-0.15, -0.1) is 0 Å². The number of H-pyrrole nitrogens is 1. The standard InChI is InChI=1S/C23H29N3O4/c1-13-15(21(27)28)8-9-16(14-6-5-7-14)19(13)20-24-17-10-11-26(12-18(17)25-20)22(29)30-23(2,3)4/h8-9,14H,5-7,10-12H2,1-4H3,(H,24,25)(H,27,28). The fourth-order valence-corrected chi connectivity index (χ4v) is 4.23. The molecule has 0 atom stereocenters. The first kappa shape index (κ1) is 20.4. The number of carboxylic acid groups (broad SMARTS) is 1. The third-order valence-electron chi connectivity index (χ3n) is 5.99. The number of hydrogen-bond acceptors (Lipinski definition) is 4. The summed E-state index contributed by atoms with van der Waals surface area (Å²) in [6.07, 6.45) is 3.74. The van der Waals surface area contributed by atoms with Crippen molar-refractivity contribution in [1.82, 2.24) is 14.9 Å². The molecule has 160 valence electrons. The van der Waals surface area contributed by atoms with Crippen molar-refractivity contribution in [2.24, 2.45) is 0 Å². The van der Waals surface area contributed by atoms with Gasteiger partial charge in [-0.2, -0.15) is 0 Å². The number of hydrogen-bond donors (Lipinski definition) is 2. The summed E-state index contributed by atoms with van der Waals surface area (Å²) >= 11 is 0. The molecule has 7 heteroatoms. The molecule has 2 aromatic rings. The number of benzene rings is 1. The molecule has 1 aromatic carbocycles. The van der Waals surface area contributed by atoms with Crippen LogP contribution in [0.3, 0.4) is 0 Å². The highest BCUT2D eigenvalue weighted by molar-refractivity contribution is 5.92. The van der Waals surface area contributed by atoms with E-state index in [-0.39, 0.29) is 6.09 Å². The van der Waals surface area contributed by atoms with E-state index in [4.69, 9.17) is 9.72 Å². The molecule has 1 aliphatic carbocycles. The second-order valence-electron chi connectivity index (χ2n) is 9.30. The van der Waals surface area contributed by atoms with Gasteiger partial charge in [-0.25, -0.2) is 14.6 Å². The van der Waals surface area contributed by atoms with Crippen molar-refractivity contribution in [3.8, 4) is 11.4 Å². The number of fused-ring (bicyclic) bond motifs is 1. The number of carbonyl (C=O) groups excluding carboxylic acids is 1. The molecule has 1 saturated carbocycles. The molecule has 4 rings (SSSR count). The van der Waals surface area contributed by atoms with Crippen LogP contribution in [0.15, 0.2) is 12.1 Å². The zero-order valence-corrected chi connectivity index (χ0v) is 18.0. The molecule has 2 N–H and O–H groups in total. The highest BCUT2D eigenvalue weighted by atomic mass is 16.6. The first-order chi connectivity index (χ1) is 14.1. The van der Waals surface area contributed by atoms with Crippen molar-refractivity contribution in [2.75, 3.05) is 6.54 Å². The summed E-state index contributed by atoms with van der Waals surface area (Å²) in [5.74, 6) is 0.219. The summed E-state index contributed by atoms with van der Waals surface area (Å²) in [7, 11) is 0. The average Bonchev–Trinajstić information content (AvgIpc) is 3.01. The molecule has 0 radical (unpaired) electrons. The van der Waals surface area contributed by atoms with Gasteiger partial charge in [0.25, 0.3) is 0 Å². The molecule has 2 aliphatic rings. The van der Waals surface area contributed by atoms with Crippen molar-refractivity contribution in [3.63, 3.8) is 0 Å². The van der Waals surface area contributed by atoms with E-state index in [2.05, 4.69) is 4.98 Å². The van der Waals surface area contributed by atoms with Gasteiger partial charge in [0.1, 0.15) is 11.4 Å². The van der Waals surface area contributed by atoms with E-state index in [1.165, 1.54) is 12.0 Å². The number of aromatic amines is 1. The van der Waals surface area contributed by atoms with Gasteiger partial charge >= 0.3 is 12.1 Å². The SMILES string of the molecule is Cc1c(C(=O)O)ccc(C2CCC2)c1-c1nc2c([nH]1)CN(C(=O)OC(C)(C)C)CC2. The van der Waals surface area contributed by atoms with E-state index in [9.17, 15) is 14.7 Å². The van der Waals surface area contributed by atoms with Crippen molar-refractivity contribution < 1.29 is 19.4 Å². The van der Waals surface area contributed by atoms with E-state index < -0.39 is 11.6 Å². The van der Waals surface area contributed by atoms with Crippen LogP contribution in [0, 0.1) is 6.92 Å². The van der Waals surface area contributed by atoms with Crippen molar-refractivity contribution >= 4 is 12.1 Å². The smallest absolute Gasteiger partial charge is 0.410 e. The third kappa shape index (κ3) is 3.80. The Labute approximate surface area is 176 Å². The number of nitrogens with zero attached hydrogens (tertiary/aromatic N) is 2. The largest absolute Gasteiger partial charge is 0.478 e. The van der Waals surface area contributed by atoms with Crippen LogP contribution >= 0.6 is 0 Å². The Hall–Kier alpha value is -2.83. The predicted octanol–water partition coefficient (Wildman–Crippen LogP) is 4.64. The summed E-state index contributed by atoms with van der Waals surface area (Å²) in [4.78, 5) is 34.1. The van der Waals surface area contributed by atoms with Gasteiger partial charge in [0.15, 0.2) is 0 Å². The van der Waals surface area contributed by atoms with Gasteiger partial charge in [-0.3, -0.25) is 0 Å². The average molecular weight is 412 g/mol. The monoisotopic (exact) mass is 411 g/mol. The second kappa shape index (κ2) is 7.45. The molecule has 30 heavy (non-hydrogen) atoms. The van der Waals surface area contributed by atoms with Gasteiger partial charge in [0, 0.05) is 18.5 Å². The second-order valence-corrected chi connectivity index (χ2v) is 9.30. The molecule has 7 nitrogen and oxygen atoms in total. The van der Waals surface area contributed by atoms with Crippen LogP contribution < -0.4 is 0 Å². The fourth-order valence-electron chi connectivity index (χ4n) is 4.23. The highest BCUT2D eigenvalue weighted by Gasteiger charge is 2.30. The Kier molecular flexibility index (Phi) is 5.08. The van der Waals surface area contributed by atoms with Crippen molar-refractivity contribution in [1.29, 1.82) is 0 Å². The van der Waals surface area contributed by atoms with Gasteiger partial charge in [0.05, 0.1) is 23.5 Å². The van der Waals surface area contributed by atoms with Crippen LogP contribution in [0.5, 0.6) is 0 Å². The Morgan fingerprint density at radius 3 is 2.60 bits per heavy atom. The number of rotatable bonds is 3. The molecule has 0 unspecified atom stereocenters. The molecule has 0 saturated heterocycles. The lowest BCUT2D eigenvalue weighted by molar-refractivity contribution is 0.0220. The summed E-state index contributed by atoms with van der Waals surface area (Å²) < 4.78 is 5.51. The Balaban J connectivity index is 1.68. The van der Waals surface area contributed by atoms with Crippen molar-refractivity contribution in [3.05, 3.63) is 40.2 Å². The maximum absolute atomic E-state index is 12.5. The molecule has 1 fully saturated rings. The minimum atomic E-state index is -0.929. The number of carbonyl (C=O) groups is 2. The van der Waals surface area contributed by atoms with E-state index in [1.807, 2.05) is 33.8 Å². The molecule has 0 bridgehead atoms. The highest BCUT2D eigenvalue weighted by Crippen LogP contribution is 2.42. The number of nitrogens with one attached hydrogen (secondary N) is 1. The maximum Gasteiger partial charge on any atom is 0.410 e. The summed E-state index contributed by atoms with van der Waals surface area (Å²) in [5, 5.41) is 9.60. The van der Waals surface area contributed by atoms with E-state index in [1.54, 1.807) is 11.0 Å². The lowest BCUT2D eigenvalue weighted by Gasteiger charge is -2.29. The van der Waals surface area contributed by atoms with Crippen LogP contribution in [0.2, 0.25) is 0 Å². The normalized spacial score (nSPS) is 16.7. The van der Waals surface area contributed by atoms with Crippen LogP contribution in [0.4, 0.5) is 4.79 Å². The van der Waals surface area contributed by atoms with Gasteiger partial charge in [0.2, 0.25) is 0 Å². The maximum atomic E-state index is 12.5. The quantitative estimate of drug-likeness (QED) is 0.767. The lowest BCUT2D eigenvalue weighted by atomic mass is 9.76. The van der Waals surface area contributed by atoms with Gasteiger partial charge in [-0.1, -0.05) is 12.5 Å². The Morgan fingerprint density at radius 1 is 1.27 bits per heavy atom. The van der Waals surface area contributed by atoms with E-state index >= 15 is 0 Å². The molecule has 2 heterocycles. The predicted molar refractivity (Wildman–Crippen MR) is 113 cm³/mol. The minimum absolute atomic E-state index is 0.304. The molecule has 1 aromatic heterocycles. The molecule has 1 aliphatic heterocycles. The van der Waals surface area contributed by atoms with Crippen LogP contribution in [-0.4, -0.2) is 44.2 Å². The van der Waals surface area contributed by atoms with Gasteiger partial charge < -0.3 is 19.7 Å². The first-order valence-electron chi connectivity index (χ1n) is 10.6. The van der Waals surface area contributed by atoms with Crippen LogP contribution in [0.1, 0.15) is 78.8 Å². The number of carboxylic acids is 1. The summed E-state index contributed by atoms with van der Waals surface area (Å²) in [6, 6.07) is 3.66. The molecule has 0 spiro atoms. The molecule has 1 amide bonds. The zero-order chi connectivity index (χ0) is 21.6. The number of ether oxygens (including phenoxy) is 1. The van der Waals surface area contributed by atoms with E-state index in [0.29, 0.717) is 36.8 Å². The minimum Gasteiger partial charge on any atom is -0.478 e. The van der Waals surface area contributed by atoms with Crippen LogP contribution in [0.25, 0.3) is 11.4 Å². The fraction of sp³-hybridized carbons (Fsp3) is 0.522. The lowest BCUT2D eigenvalue weighted by Crippen LogP contribution is -2.39. The molecular weight excluding hydrogens is 382 g/mol. The Bertz CT molecular complexity index is 999. The van der Waals surface area contributed by atoms with Crippen molar-refractivity contribution in [2.45, 2.75) is 71.4 Å². The number of imidazole rings is 1. The van der Waals surface area contributed by atoms with Crippen LogP contribution in [-0.2, 0) is 17.7 Å². The summed E-state index contributed by atoms with van der Waals surface area (Å²) in [5.41, 5.74) is 4.39. The molecular formula is C23H29N3O4. The number of amides is 1. The first-order valence-corrected chi connectivity index (χ1v) is 10.6. The zero-order valence-electron chi connectivity index (χ0n) is 18.0. The third-order valence-corrected chi connectivity index (χ3v) is 5.99.